The van der Waals surface area contributed by atoms with Crippen LogP contribution in [0.2, 0.25) is 10.0 Å². The van der Waals surface area contributed by atoms with Crippen molar-refractivity contribution in [3.8, 4) is 0 Å². The molecule has 2 aromatic carbocycles. The summed E-state index contributed by atoms with van der Waals surface area (Å²) in [6.45, 7) is 0.535. The number of hydrogen-bond donors (Lipinski definition) is 1. The van der Waals surface area contributed by atoms with Gasteiger partial charge in [0.15, 0.2) is 0 Å². The summed E-state index contributed by atoms with van der Waals surface area (Å²) in [6, 6.07) is 14.1. The van der Waals surface area contributed by atoms with Crippen LogP contribution < -0.4 is 0 Å². The van der Waals surface area contributed by atoms with E-state index in [1.54, 1.807) is 48.5 Å². The maximum Gasteiger partial charge on any atom is 0.373 e. The SMILES string of the molecule is COC(=O)C(O)=CC(=O)N(Cc1ccc(Cl)cc1)Cc1ccc(Cl)cc1. The summed E-state index contributed by atoms with van der Waals surface area (Å²) in [5.41, 5.74) is 1.70. The number of carbonyl (C=O) groups is 2. The van der Waals surface area contributed by atoms with E-state index in [1.807, 2.05) is 0 Å². The molecule has 0 aromatic heterocycles. The first-order chi connectivity index (χ1) is 12.4. The highest BCUT2D eigenvalue weighted by molar-refractivity contribution is 6.30. The smallest absolute Gasteiger partial charge is 0.373 e. The van der Waals surface area contributed by atoms with Crippen molar-refractivity contribution in [3.63, 3.8) is 0 Å². The molecule has 0 atom stereocenters. The predicted molar refractivity (Wildman–Crippen MR) is 99.9 cm³/mol. The number of esters is 1. The number of benzene rings is 2. The average molecular weight is 394 g/mol. The lowest BCUT2D eigenvalue weighted by atomic mass is 10.1. The third-order valence-corrected chi connectivity index (χ3v) is 4.04. The van der Waals surface area contributed by atoms with Gasteiger partial charge < -0.3 is 14.7 Å². The first kappa shape index (κ1) is 19.8. The van der Waals surface area contributed by atoms with Gasteiger partial charge in [-0.2, -0.15) is 0 Å². The van der Waals surface area contributed by atoms with Gasteiger partial charge in [-0.1, -0.05) is 47.5 Å². The molecule has 0 aliphatic heterocycles. The number of halogens is 2. The molecular weight excluding hydrogens is 377 g/mol. The highest BCUT2D eigenvalue weighted by Gasteiger charge is 2.17. The fourth-order valence-electron chi connectivity index (χ4n) is 2.20. The maximum absolute atomic E-state index is 12.5. The molecule has 0 saturated carbocycles. The van der Waals surface area contributed by atoms with Crippen molar-refractivity contribution < 1.29 is 19.4 Å². The Balaban J connectivity index is 2.24. The minimum Gasteiger partial charge on any atom is -0.502 e. The molecule has 0 aliphatic rings. The van der Waals surface area contributed by atoms with Gasteiger partial charge in [-0.3, -0.25) is 4.79 Å². The summed E-state index contributed by atoms with van der Waals surface area (Å²) in [4.78, 5) is 25.3. The topological polar surface area (TPSA) is 66.8 Å². The summed E-state index contributed by atoms with van der Waals surface area (Å²) < 4.78 is 4.40. The fraction of sp³-hybridized carbons (Fsp3) is 0.158. The quantitative estimate of drug-likeness (QED) is 0.454. The number of amides is 1. The Hall–Kier alpha value is -2.50. The van der Waals surface area contributed by atoms with Crippen LogP contribution >= 0.6 is 23.2 Å². The molecule has 1 amide bonds. The van der Waals surface area contributed by atoms with E-state index < -0.39 is 17.6 Å². The van der Waals surface area contributed by atoms with E-state index in [9.17, 15) is 14.7 Å². The summed E-state index contributed by atoms with van der Waals surface area (Å²) in [7, 11) is 1.12. The number of aliphatic hydroxyl groups is 1. The standard InChI is InChI=1S/C19H17Cl2NO4/c1-26-19(25)17(23)10-18(24)22(11-13-2-6-15(20)7-3-13)12-14-4-8-16(21)9-5-14/h2-10,23H,11-12H2,1H3. The van der Waals surface area contributed by atoms with Crippen LogP contribution in [0.15, 0.2) is 60.4 Å². The van der Waals surface area contributed by atoms with Crippen LogP contribution in [0.25, 0.3) is 0 Å². The first-order valence-electron chi connectivity index (χ1n) is 7.66. The Kier molecular flexibility index (Phi) is 7.06. The Morgan fingerprint density at radius 1 is 0.962 bits per heavy atom. The van der Waals surface area contributed by atoms with Crippen LogP contribution in [0.1, 0.15) is 11.1 Å². The Labute approximate surface area is 161 Å². The molecule has 2 rings (SSSR count). The third kappa shape index (κ3) is 5.79. The molecule has 0 radical (unpaired) electrons. The number of ether oxygens (including phenoxy) is 1. The van der Waals surface area contributed by atoms with Crippen molar-refractivity contribution in [3.05, 3.63) is 81.5 Å². The van der Waals surface area contributed by atoms with Gasteiger partial charge in [-0.05, 0) is 35.4 Å². The molecule has 0 unspecified atom stereocenters. The van der Waals surface area contributed by atoms with Gasteiger partial charge in [0.25, 0.3) is 5.91 Å². The van der Waals surface area contributed by atoms with E-state index in [0.717, 1.165) is 24.3 Å². The zero-order valence-corrected chi connectivity index (χ0v) is 15.5. The Morgan fingerprint density at radius 3 is 1.77 bits per heavy atom. The van der Waals surface area contributed by atoms with Gasteiger partial charge in [0.1, 0.15) is 0 Å². The fourth-order valence-corrected chi connectivity index (χ4v) is 2.46. The summed E-state index contributed by atoms with van der Waals surface area (Å²) in [5.74, 6) is -2.26. The molecule has 2 aromatic rings. The Morgan fingerprint density at radius 2 is 1.38 bits per heavy atom. The molecule has 26 heavy (non-hydrogen) atoms. The van der Waals surface area contributed by atoms with E-state index in [2.05, 4.69) is 4.74 Å². The van der Waals surface area contributed by atoms with Crippen LogP contribution in [-0.4, -0.2) is 29.0 Å². The van der Waals surface area contributed by atoms with E-state index in [0.29, 0.717) is 10.0 Å². The molecule has 0 spiro atoms. The van der Waals surface area contributed by atoms with Crippen LogP contribution in [0, 0.1) is 0 Å². The van der Waals surface area contributed by atoms with Crippen LogP contribution in [0.5, 0.6) is 0 Å². The molecular formula is C19H17Cl2NO4. The predicted octanol–water partition coefficient (Wildman–Crippen LogP) is 4.14. The minimum atomic E-state index is -0.976. The molecule has 0 fully saturated rings. The number of rotatable bonds is 6. The van der Waals surface area contributed by atoms with Gasteiger partial charge in [0, 0.05) is 23.1 Å². The van der Waals surface area contributed by atoms with Crippen molar-refractivity contribution in [2.75, 3.05) is 7.11 Å². The van der Waals surface area contributed by atoms with E-state index >= 15 is 0 Å². The second-order valence-electron chi connectivity index (χ2n) is 5.47. The zero-order valence-electron chi connectivity index (χ0n) is 14.0. The molecule has 0 saturated heterocycles. The van der Waals surface area contributed by atoms with E-state index in [-0.39, 0.29) is 13.1 Å². The highest BCUT2D eigenvalue weighted by Crippen LogP contribution is 2.16. The van der Waals surface area contributed by atoms with Gasteiger partial charge in [-0.15, -0.1) is 0 Å². The van der Waals surface area contributed by atoms with Crippen molar-refractivity contribution in [2.24, 2.45) is 0 Å². The summed E-state index contributed by atoms with van der Waals surface area (Å²) in [5, 5.41) is 10.8. The largest absolute Gasteiger partial charge is 0.502 e. The van der Waals surface area contributed by atoms with Gasteiger partial charge in [0.2, 0.25) is 5.76 Å². The normalized spacial score (nSPS) is 11.1. The van der Waals surface area contributed by atoms with Gasteiger partial charge >= 0.3 is 5.97 Å². The van der Waals surface area contributed by atoms with Crippen molar-refractivity contribution in [2.45, 2.75) is 13.1 Å². The molecule has 1 N–H and O–H groups in total. The van der Waals surface area contributed by atoms with Gasteiger partial charge in [0.05, 0.1) is 13.2 Å². The summed E-state index contributed by atoms with van der Waals surface area (Å²) in [6.07, 6.45) is 0.845. The van der Waals surface area contributed by atoms with Crippen LogP contribution in [0.3, 0.4) is 0 Å². The second kappa shape index (κ2) is 9.27. The lowest BCUT2D eigenvalue weighted by Crippen LogP contribution is -2.29. The second-order valence-corrected chi connectivity index (χ2v) is 6.34. The zero-order chi connectivity index (χ0) is 19.1. The summed E-state index contributed by atoms with van der Waals surface area (Å²) >= 11 is 11.8. The number of aliphatic hydroxyl groups excluding tert-OH is 1. The molecule has 0 heterocycles. The molecule has 0 aliphatic carbocycles. The van der Waals surface area contributed by atoms with Crippen LogP contribution in [0.4, 0.5) is 0 Å². The number of methoxy groups -OCH3 is 1. The highest BCUT2D eigenvalue weighted by atomic mass is 35.5. The lowest BCUT2D eigenvalue weighted by molar-refractivity contribution is -0.139. The van der Waals surface area contributed by atoms with Crippen LogP contribution in [-0.2, 0) is 27.4 Å². The lowest BCUT2D eigenvalue weighted by Gasteiger charge is -2.22. The monoisotopic (exact) mass is 393 g/mol. The van der Waals surface area contributed by atoms with Crippen molar-refractivity contribution in [1.82, 2.24) is 4.90 Å². The molecule has 136 valence electrons. The number of nitrogens with zero attached hydrogens (tertiary/aromatic N) is 1. The number of hydrogen-bond acceptors (Lipinski definition) is 4. The minimum absolute atomic E-state index is 0.267. The average Bonchev–Trinajstić information content (AvgIpc) is 2.63. The van der Waals surface area contributed by atoms with E-state index in [4.69, 9.17) is 23.2 Å². The van der Waals surface area contributed by atoms with Gasteiger partial charge in [-0.25, -0.2) is 4.79 Å². The third-order valence-electron chi connectivity index (χ3n) is 3.54. The Bertz CT molecular complexity index is 754. The number of carbonyl (C=O) groups excluding carboxylic acids is 2. The first-order valence-corrected chi connectivity index (χ1v) is 8.41. The van der Waals surface area contributed by atoms with Crippen molar-refractivity contribution in [1.29, 1.82) is 0 Å². The molecule has 0 bridgehead atoms. The van der Waals surface area contributed by atoms with Crippen molar-refractivity contribution >= 4 is 35.1 Å². The maximum atomic E-state index is 12.5. The molecule has 7 heteroatoms. The van der Waals surface area contributed by atoms with E-state index in [1.165, 1.54) is 4.90 Å². The molecule has 5 nitrogen and oxygen atoms in total.